The van der Waals surface area contributed by atoms with Gasteiger partial charge in [-0.1, -0.05) is 30.3 Å². The molecule has 0 radical (unpaired) electrons. The van der Waals surface area contributed by atoms with Gasteiger partial charge in [0.05, 0.1) is 41.1 Å². The van der Waals surface area contributed by atoms with Crippen LogP contribution in [0.1, 0.15) is 11.1 Å². The number of methoxy groups -OCH3 is 4. The number of hydrogen-bond donors (Lipinski definition) is 0. The third-order valence-corrected chi connectivity index (χ3v) is 4.12. The van der Waals surface area contributed by atoms with E-state index >= 15 is 0 Å². The van der Waals surface area contributed by atoms with Crippen LogP contribution in [0.4, 0.5) is 0 Å². The maximum absolute atomic E-state index is 5.97. The van der Waals surface area contributed by atoms with E-state index in [0.717, 1.165) is 5.56 Å². The van der Waals surface area contributed by atoms with Crippen molar-refractivity contribution in [1.82, 2.24) is 5.23 Å². The van der Waals surface area contributed by atoms with Crippen molar-refractivity contribution < 1.29 is 28.6 Å². The standard InChI is InChI=1S/C19H25NO6/c1-21-16-13-12-15(17(22-2)18(16)23-3)19(24-4,20(25-5)26-6)14-10-8-7-9-11-14/h7-13H,1-6H3. The highest BCUT2D eigenvalue weighted by Crippen LogP contribution is 2.48. The maximum atomic E-state index is 5.97. The minimum absolute atomic E-state index is 0.441. The lowest BCUT2D eigenvalue weighted by Crippen LogP contribution is -2.47. The largest absolute Gasteiger partial charge is 0.493 e. The van der Waals surface area contributed by atoms with Crippen molar-refractivity contribution in [2.45, 2.75) is 5.72 Å². The van der Waals surface area contributed by atoms with Crippen LogP contribution in [0.2, 0.25) is 0 Å². The van der Waals surface area contributed by atoms with Crippen molar-refractivity contribution in [2.75, 3.05) is 42.7 Å². The van der Waals surface area contributed by atoms with Crippen molar-refractivity contribution in [3.8, 4) is 17.2 Å². The van der Waals surface area contributed by atoms with Crippen molar-refractivity contribution >= 4 is 0 Å². The molecule has 0 aliphatic rings. The lowest BCUT2D eigenvalue weighted by molar-refractivity contribution is -0.434. The predicted molar refractivity (Wildman–Crippen MR) is 96.2 cm³/mol. The SMILES string of the molecule is COc1ccc(C(OC)(c2ccccc2)N(OC)OC)c(OC)c1OC. The lowest BCUT2D eigenvalue weighted by atomic mass is 9.93. The first-order chi connectivity index (χ1) is 12.6. The predicted octanol–water partition coefficient (Wildman–Crippen LogP) is 2.98. The molecule has 2 aromatic carbocycles. The van der Waals surface area contributed by atoms with Crippen LogP contribution in [0.25, 0.3) is 0 Å². The normalized spacial score (nSPS) is 13.3. The van der Waals surface area contributed by atoms with Crippen LogP contribution in [0.3, 0.4) is 0 Å². The second-order valence-electron chi connectivity index (χ2n) is 5.22. The van der Waals surface area contributed by atoms with Crippen molar-refractivity contribution in [2.24, 2.45) is 0 Å². The number of hydroxylamine groups is 2. The molecule has 7 nitrogen and oxygen atoms in total. The van der Waals surface area contributed by atoms with Gasteiger partial charge in [-0.2, -0.15) is 0 Å². The summed E-state index contributed by atoms with van der Waals surface area (Å²) < 4.78 is 22.5. The van der Waals surface area contributed by atoms with Crippen LogP contribution in [0.15, 0.2) is 42.5 Å². The summed E-state index contributed by atoms with van der Waals surface area (Å²) in [6.45, 7) is 0. The summed E-state index contributed by atoms with van der Waals surface area (Å²) in [6.07, 6.45) is 0. The van der Waals surface area contributed by atoms with Crippen LogP contribution < -0.4 is 14.2 Å². The molecular weight excluding hydrogens is 338 g/mol. The van der Waals surface area contributed by atoms with E-state index in [9.17, 15) is 0 Å². The van der Waals surface area contributed by atoms with Gasteiger partial charge in [0.25, 0.3) is 0 Å². The quantitative estimate of drug-likeness (QED) is 0.501. The molecule has 1 atom stereocenters. The van der Waals surface area contributed by atoms with E-state index in [1.54, 1.807) is 34.5 Å². The fourth-order valence-electron chi connectivity index (χ4n) is 3.03. The summed E-state index contributed by atoms with van der Waals surface area (Å²) in [5.41, 5.74) is 0.141. The maximum Gasteiger partial charge on any atom is 0.225 e. The van der Waals surface area contributed by atoms with Gasteiger partial charge >= 0.3 is 0 Å². The molecule has 0 spiro atoms. The number of benzene rings is 2. The monoisotopic (exact) mass is 363 g/mol. The zero-order valence-corrected chi connectivity index (χ0v) is 15.9. The third kappa shape index (κ3) is 3.22. The van der Waals surface area contributed by atoms with Gasteiger partial charge in [0.2, 0.25) is 11.5 Å². The van der Waals surface area contributed by atoms with E-state index < -0.39 is 5.72 Å². The second kappa shape index (κ2) is 8.86. The summed E-state index contributed by atoms with van der Waals surface area (Å²) in [5.74, 6) is 1.42. The smallest absolute Gasteiger partial charge is 0.225 e. The van der Waals surface area contributed by atoms with Gasteiger partial charge in [0.1, 0.15) is 0 Å². The summed E-state index contributed by atoms with van der Waals surface area (Å²) >= 11 is 0. The summed E-state index contributed by atoms with van der Waals surface area (Å²) in [4.78, 5) is 10.9. The van der Waals surface area contributed by atoms with E-state index in [1.165, 1.54) is 19.4 Å². The molecule has 0 aliphatic heterocycles. The van der Waals surface area contributed by atoms with Gasteiger partial charge in [0, 0.05) is 12.7 Å². The second-order valence-corrected chi connectivity index (χ2v) is 5.22. The molecule has 7 heteroatoms. The Morgan fingerprint density at radius 1 is 0.692 bits per heavy atom. The summed E-state index contributed by atoms with van der Waals surface area (Å²) in [7, 11) is 9.21. The van der Waals surface area contributed by atoms with Gasteiger partial charge in [-0.15, -0.1) is 0 Å². The lowest BCUT2D eigenvalue weighted by Gasteiger charge is -2.40. The van der Waals surface area contributed by atoms with E-state index in [2.05, 4.69) is 0 Å². The first-order valence-electron chi connectivity index (χ1n) is 7.93. The Hall–Kier alpha value is -2.32. The average molecular weight is 363 g/mol. The number of rotatable bonds is 9. The Balaban J connectivity index is 2.86. The summed E-state index contributed by atoms with van der Waals surface area (Å²) in [5, 5.41) is 1.26. The molecule has 0 fully saturated rings. The van der Waals surface area contributed by atoms with Gasteiger partial charge in [-0.3, -0.25) is 9.68 Å². The number of hydrogen-bond acceptors (Lipinski definition) is 7. The van der Waals surface area contributed by atoms with Gasteiger partial charge < -0.3 is 18.9 Å². The summed E-state index contributed by atoms with van der Waals surface area (Å²) in [6, 6.07) is 13.1. The van der Waals surface area contributed by atoms with Crippen LogP contribution >= 0.6 is 0 Å². The molecule has 0 heterocycles. The van der Waals surface area contributed by atoms with Crippen molar-refractivity contribution in [1.29, 1.82) is 0 Å². The van der Waals surface area contributed by atoms with Crippen molar-refractivity contribution in [3.05, 3.63) is 53.6 Å². The number of ether oxygens (including phenoxy) is 4. The molecule has 0 saturated carbocycles. The molecule has 2 aromatic rings. The molecule has 1 unspecified atom stereocenters. The van der Waals surface area contributed by atoms with Crippen LogP contribution in [-0.2, 0) is 20.1 Å². The Labute approximate surface area is 153 Å². The molecule has 26 heavy (non-hydrogen) atoms. The van der Waals surface area contributed by atoms with E-state index in [4.69, 9.17) is 28.6 Å². The average Bonchev–Trinajstić information content (AvgIpc) is 2.71. The highest BCUT2D eigenvalue weighted by atomic mass is 17.0. The first-order valence-corrected chi connectivity index (χ1v) is 7.93. The third-order valence-electron chi connectivity index (χ3n) is 4.12. The Morgan fingerprint density at radius 3 is 1.77 bits per heavy atom. The van der Waals surface area contributed by atoms with Gasteiger partial charge in [0.15, 0.2) is 11.5 Å². The fourth-order valence-corrected chi connectivity index (χ4v) is 3.03. The van der Waals surface area contributed by atoms with Gasteiger partial charge in [-0.05, 0) is 17.4 Å². The van der Waals surface area contributed by atoms with E-state index in [-0.39, 0.29) is 0 Å². The minimum Gasteiger partial charge on any atom is -0.493 e. The highest BCUT2D eigenvalue weighted by Gasteiger charge is 2.46. The minimum atomic E-state index is -1.25. The molecule has 142 valence electrons. The van der Waals surface area contributed by atoms with Crippen LogP contribution in [-0.4, -0.2) is 47.9 Å². The van der Waals surface area contributed by atoms with E-state index in [0.29, 0.717) is 22.8 Å². The van der Waals surface area contributed by atoms with E-state index in [1.807, 2.05) is 36.4 Å². The molecule has 0 saturated heterocycles. The molecule has 0 aromatic heterocycles. The fraction of sp³-hybridized carbons (Fsp3) is 0.368. The molecule has 0 aliphatic carbocycles. The van der Waals surface area contributed by atoms with Crippen LogP contribution in [0.5, 0.6) is 17.2 Å². The Morgan fingerprint density at radius 2 is 1.31 bits per heavy atom. The molecular formula is C19H25NO6. The van der Waals surface area contributed by atoms with Gasteiger partial charge in [-0.25, -0.2) is 0 Å². The van der Waals surface area contributed by atoms with Crippen LogP contribution in [0, 0.1) is 0 Å². The zero-order valence-electron chi connectivity index (χ0n) is 15.9. The van der Waals surface area contributed by atoms with Crippen molar-refractivity contribution in [3.63, 3.8) is 0 Å². The zero-order chi connectivity index (χ0) is 19.2. The highest BCUT2D eigenvalue weighted by molar-refractivity contribution is 5.59. The number of nitrogens with zero attached hydrogens (tertiary/aromatic N) is 1. The Bertz CT molecular complexity index is 705. The first kappa shape index (κ1) is 20.0. The topological polar surface area (TPSA) is 58.6 Å². The molecule has 0 N–H and O–H groups in total. The molecule has 0 bridgehead atoms. The molecule has 2 rings (SSSR count). The molecule has 0 amide bonds. The Kier molecular flexibility index (Phi) is 6.82.